The summed E-state index contributed by atoms with van der Waals surface area (Å²) < 4.78 is 0.898. The Hall–Kier alpha value is -1.62. The fraction of sp³-hybridized carbons (Fsp3) is 0.286. The first-order valence-corrected chi connectivity index (χ1v) is 6.85. The first-order valence-electron chi connectivity index (χ1n) is 6.05. The molecule has 4 nitrogen and oxygen atoms in total. The first kappa shape index (κ1) is 13.8. The molecule has 5 heteroatoms. The van der Waals surface area contributed by atoms with Crippen LogP contribution < -0.4 is 0 Å². The Morgan fingerprint density at radius 3 is 2.79 bits per heavy atom. The molecular formula is C14H14BrNO3. The molecule has 1 amide bonds. The number of aliphatic carboxylic acids is 1. The largest absolute Gasteiger partial charge is 0.480 e. The second-order valence-corrected chi connectivity index (χ2v) is 5.24. The van der Waals surface area contributed by atoms with Crippen molar-refractivity contribution in [2.24, 2.45) is 0 Å². The molecule has 1 aliphatic heterocycles. The number of carbonyl (C=O) groups excluding carboxylic acids is 1. The Kier molecular flexibility index (Phi) is 4.37. The zero-order valence-electron chi connectivity index (χ0n) is 10.3. The van der Waals surface area contributed by atoms with Crippen molar-refractivity contribution in [3.63, 3.8) is 0 Å². The molecule has 0 aliphatic carbocycles. The Balaban J connectivity index is 2.09. The smallest absolute Gasteiger partial charge is 0.326 e. The number of benzene rings is 1. The van der Waals surface area contributed by atoms with Crippen molar-refractivity contribution < 1.29 is 14.7 Å². The van der Waals surface area contributed by atoms with Gasteiger partial charge in [0.05, 0.1) is 0 Å². The maximum absolute atomic E-state index is 12.0. The third-order valence-corrected chi connectivity index (χ3v) is 3.85. The average Bonchev–Trinajstić information content (AvgIpc) is 2.87. The monoisotopic (exact) mass is 323 g/mol. The van der Waals surface area contributed by atoms with Crippen LogP contribution in [0.2, 0.25) is 0 Å². The molecule has 1 saturated heterocycles. The van der Waals surface area contributed by atoms with Crippen LogP contribution in [0.1, 0.15) is 18.4 Å². The molecular weight excluding hydrogens is 310 g/mol. The predicted octanol–water partition coefficient (Wildman–Crippen LogP) is 2.54. The molecule has 1 aromatic rings. The molecule has 1 aliphatic rings. The Bertz CT molecular complexity index is 527. The molecule has 0 spiro atoms. The number of nitrogens with zero attached hydrogens (tertiary/aromatic N) is 1. The molecule has 0 unspecified atom stereocenters. The fourth-order valence-electron chi connectivity index (χ4n) is 2.15. The lowest BCUT2D eigenvalue weighted by molar-refractivity contribution is -0.146. The summed E-state index contributed by atoms with van der Waals surface area (Å²) in [4.78, 5) is 24.4. The molecule has 0 aromatic heterocycles. The molecule has 1 aromatic carbocycles. The zero-order chi connectivity index (χ0) is 13.8. The molecule has 19 heavy (non-hydrogen) atoms. The van der Waals surface area contributed by atoms with Crippen LogP contribution in [0.4, 0.5) is 0 Å². The number of carboxylic acid groups (broad SMARTS) is 1. The number of halogens is 1. The van der Waals surface area contributed by atoms with Gasteiger partial charge in [-0.05, 0) is 30.5 Å². The van der Waals surface area contributed by atoms with Crippen molar-refractivity contribution in [2.45, 2.75) is 18.9 Å². The van der Waals surface area contributed by atoms with E-state index in [2.05, 4.69) is 15.9 Å². The van der Waals surface area contributed by atoms with Crippen LogP contribution in [-0.4, -0.2) is 34.5 Å². The molecule has 100 valence electrons. The van der Waals surface area contributed by atoms with E-state index in [4.69, 9.17) is 5.11 Å². The van der Waals surface area contributed by atoms with Gasteiger partial charge < -0.3 is 10.0 Å². The first-order chi connectivity index (χ1) is 9.09. The van der Waals surface area contributed by atoms with Gasteiger partial charge in [-0.1, -0.05) is 34.1 Å². The van der Waals surface area contributed by atoms with E-state index in [1.807, 2.05) is 24.3 Å². The third kappa shape index (κ3) is 3.23. The maximum Gasteiger partial charge on any atom is 0.326 e. The summed E-state index contributed by atoms with van der Waals surface area (Å²) in [6.45, 7) is 0.510. The number of hydrogen-bond donors (Lipinski definition) is 1. The SMILES string of the molecule is O=C(O)[C@H]1CCCN1C(=O)C=Cc1ccccc1Br. The minimum absolute atomic E-state index is 0.249. The van der Waals surface area contributed by atoms with E-state index in [9.17, 15) is 9.59 Å². The van der Waals surface area contributed by atoms with Crippen LogP contribution in [0.5, 0.6) is 0 Å². The fourth-order valence-corrected chi connectivity index (χ4v) is 2.57. The van der Waals surface area contributed by atoms with Gasteiger partial charge in [-0.2, -0.15) is 0 Å². The molecule has 0 bridgehead atoms. The lowest BCUT2D eigenvalue weighted by atomic mass is 10.2. The summed E-state index contributed by atoms with van der Waals surface area (Å²) in [6, 6.07) is 6.86. The molecule has 1 heterocycles. The minimum Gasteiger partial charge on any atom is -0.480 e. The Morgan fingerprint density at radius 1 is 1.37 bits per heavy atom. The van der Waals surface area contributed by atoms with Gasteiger partial charge in [0.15, 0.2) is 0 Å². The Morgan fingerprint density at radius 2 is 2.11 bits per heavy atom. The number of carboxylic acids is 1. The van der Waals surface area contributed by atoms with Crippen molar-refractivity contribution in [2.75, 3.05) is 6.54 Å². The predicted molar refractivity (Wildman–Crippen MR) is 75.5 cm³/mol. The summed E-state index contributed by atoms with van der Waals surface area (Å²) in [5.41, 5.74) is 0.891. The van der Waals surface area contributed by atoms with Gasteiger partial charge in [0.25, 0.3) is 0 Å². The van der Waals surface area contributed by atoms with Crippen LogP contribution in [0.15, 0.2) is 34.8 Å². The topological polar surface area (TPSA) is 57.6 Å². The van der Waals surface area contributed by atoms with Crippen molar-refractivity contribution in [3.05, 3.63) is 40.4 Å². The van der Waals surface area contributed by atoms with E-state index in [1.165, 1.54) is 11.0 Å². The summed E-state index contributed by atoms with van der Waals surface area (Å²) >= 11 is 3.39. The number of rotatable bonds is 3. The van der Waals surface area contributed by atoms with E-state index < -0.39 is 12.0 Å². The van der Waals surface area contributed by atoms with E-state index in [-0.39, 0.29) is 5.91 Å². The summed E-state index contributed by atoms with van der Waals surface area (Å²) in [7, 11) is 0. The lowest BCUT2D eigenvalue weighted by Gasteiger charge is -2.19. The normalized spacial score (nSPS) is 19.0. The summed E-state index contributed by atoms with van der Waals surface area (Å²) in [5.74, 6) is -1.18. The van der Waals surface area contributed by atoms with Gasteiger partial charge in [0.1, 0.15) is 6.04 Å². The minimum atomic E-state index is -0.930. The van der Waals surface area contributed by atoms with Gasteiger partial charge in [-0.25, -0.2) is 4.79 Å². The van der Waals surface area contributed by atoms with Gasteiger partial charge in [-0.3, -0.25) is 4.79 Å². The molecule has 2 rings (SSSR count). The number of hydrogen-bond acceptors (Lipinski definition) is 2. The quantitative estimate of drug-likeness (QED) is 0.870. The van der Waals surface area contributed by atoms with Crippen molar-refractivity contribution in [3.8, 4) is 0 Å². The molecule has 1 N–H and O–H groups in total. The van der Waals surface area contributed by atoms with Crippen LogP contribution in [0.3, 0.4) is 0 Å². The second-order valence-electron chi connectivity index (χ2n) is 4.38. The lowest BCUT2D eigenvalue weighted by Crippen LogP contribution is -2.39. The highest BCUT2D eigenvalue weighted by atomic mass is 79.9. The van der Waals surface area contributed by atoms with E-state index in [1.54, 1.807) is 6.08 Å². The summed E-state index contributed by atoms with van der Waals surface area (Å²) in [6.07, 6.45) is 4.40. The van der Waals surface area contributed by atoms with Crippen LogP contribution in [-0.2, 0) is 9.59 Å². The molecule has 1 fully saturated rings. The number of amides is 1. The van der Waals surface area contributed by atoms with Gasteiger partial charge >= 0.3 is 5.97 Å². The highest BCUT2D eigenvalue weighted by Gasteiger charge is 2.32. The average molecular weight is 324 g/mol. The van der Waals surface area contributed by atoms with Crippen molar-refractivity contribution in [1.29, 1.82) is 0 Å². The van der Waals surface area contributed by atoms with Crippen LogP contribution in [0, 0.1) is 0 Å². The number of likely N-dealkylation sites (tertiary alicyclic amines) is 1. The molecule has 0 radical (unpaired) electrons. The van der Waals surface area contributed by atoms with Crippen LogP contribution in [0.25, 0.3) is 6.08 Å². The highest BCUT2D eigenvalue weighted by Crippen LogP contribution is 2.20. The van der Waals surface area contributed by atoms with Crippen molar-refractivity contribution in [1.82, 2.24) is 4.90 Å². The second kappa shape index (κ2) is 6.02. The maximum atomic E-state index is 12.0. The number of carbonyl (C=O) groups is 2. The van der Waals surface area contributed by atoms with E-state index in [0.717, 1.165) is 16.5 Å². The summed E-state index contributed by atoms with van der Waals surface area (Å²) in [5, 5.41) is 9.04. The standard InChI is InChI=1S/C14H14BrNO3/c15-11-5-2-1-4-10(11)7-8-13(17)16-9-3-6-12(16)14(18)19/h1-2,4-5,7-8,12H,3,6,9H2,(H,18,19)/t12-/m1/s1. The Labute approximate surface area is 119 Å². The van der Waals surface area contributed by atoms with Gasteiger partial charge in [-0.15, -0.1) is 0 Å². The van der Waals surface area contributed by atoms with Gasteiger partial charge in [0.2, 0.25) is 5.91 Å². The van der Waals surface area contributed by atoms with Gasteiger partial charge in [0, 0.05) is 17.1 Å². The zero-order valence-corrected chi connectivity index (χ0v) is 11.8. The molecule has 0 saturated carbocycles. The molecule has 1 atom stereocenters. The highest BCUT2D eigenvalue weighted by molar-refractivity contribution is 9.10. The third-order valence-electron chi connectivity index (χ3n) is 3.13. The van der Waals surface area contributed by atoms with E-state index in [0.29, 0.717) is 13.0 Å². The van der Waals surface area contributed by atoms with Crippen LogP contribution >= 0.6 is 15.9 Å². The van der Waals surface area contributed by atoms with Crippen molar-refractivity contribution >= 4 is 33.9 Å². The van der Waals surface area contributed by atoms with E-state index >= 15 is 0 Å².